The van der Waals surface area contributed by atoms with E-state index in [2.05, 4.69) is 17.1 Å². The van der Waals surface area contributed by atoms with E-state index in [9.17, 15) is 4.39 Å². The molecule has 0 amide bonds. The van der Waals surface area contributed by atoms with Crippen LogP contribution in [0.4, 0.5) is 4.39 Å². The Labute approximate surface area is 121 Å². The first kappa shape index (κ1) is 15.3. The number of ether oxygens (including phenoxy) is 1. The highest BCUT2D eigenvalue weighted by molar-refractivity contribution is 5.36. The largest absolute Gasteiger partial charge is 0.496 e. The van der Waals surface area contributed by atoms with Crippen LogP contribution in [0.25, 0.3) is 0 Å². The quantitative estimate of drug-likeness (QED) is 0.867. The van der Waals surface area contributed by atoms with E-state index in [-0.39, 0.29) is 5.82 Å². The highest BCUT2D eigenvalue weighted by Gasteiger charge is 2.24. The van der Waals surface area contributed by atoms with Gasteiger partial charge in [0.25, 0.3) is 0 Å². The summed E-state index contributed by atoms with van der Waals surface area (Å²) >= 11 is 0. The molecule has 20 heavy (non-hydrogen) atoms. The van der Waals surface area contributed by atoms with Crippen molar-refractivity contribution in [2.75, 3.05) is 33.3 Å². The monoisotopic (exact) mass is 280 g/mol. The number of benzene rings is 1. The maximum Gasteiger partial charge on any atom is 0.126 e. The van der Waals surface area contributed by atoms with Crippen LogP contribution in [-0.2, 0) is 0 Å². The van der Waals surface area contributed by atoms with Crippen molar-refractivity contribution in [3.8, 4) is 5.75 Å². The fraction of sp³-hybridized carbons (Fsp3) is 0.625. The van der Waals surface area contributed by atoms with Crippen LogP contribution in [0, 0.1) is 5.82 Å². The van der Waals surface area contributed by atoms with Crippen LogP contribution in [0.15, 0.2) is 18.2 Å². The van der Waals surface area contributed by atoms with E-state index in [1.54, 1.807) is 13.2 Å². The van der Waals surface area contributed by atoms with E-state index in [4.69, 9.17) is 4.74 Å². The lowest BCUT2D eigenvalue weighted by molar-refractivity contribution is 0.160. The number of hydrogen-bond acceptors (Lipinski definition) is 3. The minimum Gasteiger partial charge on any atom is -0.496 e. The van der Waals surface area contributed by atoms with Crippen LogP contribution >= 0.6 is 0 Å². The molecule has 0 unspecified atom stereocenters. The van der Waals surface area contributed by atoms with Crippen molar-refractivity contribution >= 4 is 0 Å². The van der Waals surface area contributed by atoms with Gasteiger partial charge in [-0.25, -0.2) is 4.39 Å². The first-order valence-electron chi connectivity index (χ1n) is 7.54. The number of unbranched alkanes of at least 4 members (excludes halogenated alkanes) is 1. The van der Waals surface area contributed by atoms with Gasteiger partial charge in [-0.15, -0.1) is 0 Å². The Morgan fingerprint density at radius 3 is 2.75 bits per heavy atom. The van der Waals surface area contributed by atoms with Crippen LogP contribution in [0.3, 0.4) is 0 Å². The van der Waals surface area contributed by atoms with Gasteiger partial charge in [0.05, 0.1) is 7.11 Å². The molecule has 4 heteroatoms. The van der Waals surface area contributed by atoms with Gasteiger partial charge in [-0.3, -0.25) is 4.90 Å². The average molecular weight is 280 g/mol. The molecule has 3 nitrogen and oxygen atoms in total. The molecule has 1 fully saturated rings. The summed E-state index contributed by atoms with van der Waals surface area (Å²) in [6, 6.07) is 5.25. The molecule has 0 aromatic heterocycles. The molecule has 1 aromatic carbocycles. The second kappa shape index (κ2) is 7.60. The van der Waals surface area contributed by atoms with Gasteiger partial charge in [-0.05, 0) is 12.5 Å². The Morgan fingerprint density at radius 1 is 1.35 bits per heavy atom. The first-order chi connectivity index (χ1) is 9.76. The summed E-state index contributed by atoms with van der Waals surface area (Å²) in [4.78, 5) is 2.49. The lowest BCUT2D eigenvalue weighted by atomic mass is 9.97. The Kier molecular flexibility index (Phi) is 5.80. The summed E-state index contributed by atoms with van der Waals surface area (Å²) in [6.45, 7) is 6.32. The predicted octanol–water partition coefficient (Wildman–Crippen LogP) is 2.97. The van der Waals surface area contributed by atoms with E-state index in [0.717, 1.165) is 38.2 Å². The zero-order chi connectivity index (χ0) is 14.4. The molecule has 1 aromatic rings. The van der Waals surface area contributed by atoms with Crippen LogP contribution < -0.4 is 10.1 Å². The van der Waals surface area contributed by atoms with Crippen LogP contribution in [0.2, 0.25) is 0 Å². The Balaban J connectivity index is 2.24. The van der Waals surface area contributed by atoms with Crippen molar-refractivity contribution in [1.29, 1.82) is 0 Å². The number of halogens is 1. The zero-order valence-corrected chi connectivity index (χ0v) is 12.5. The zero-order valence-electron chi connectivity index (χ0n) is 12.5. The maximum atomic E-state index is 13.4. The Morgan fingerprint density at radius 2 is 2.10 bits per heavy atom. The molecule has 2 rings (SSSR count). The molecule has 0 bridgehead atoms. The fourth-order valence-corrected chi connectivity index (χ4v) is 2.89. The SMILES string of the molecule is CCCC[C@H](c1ccc(F)cc1OC)N1CCNCC1. The van der Waals surface area contributed by atoms with Gasteiger partial charge in [0.2, 0.25) is 0 Å². The van der Waals surface area contributed by atoms with E-state index >= 15 is 0 Å². The van der Waals surface area contributed by atoms with Gasteiger partial charge in [-0.1, -0.05) is 25.8 Å². The maximum absolute atomic E-state index is 13.4. The summed E-state index contributed by atoms with van der Waals surface area (Å²) in [5.74, 6) is 0.435. The van der Waals surface area contributed by atoms with Gasteiger partial charge in [0, 0.05) is 43.9 Å². The molecule has 0 radical (unpaired) electrons. The number of piperazine rings is 1. The van der Waals surface area contributed by atoms with Crippen LogP contribution in [0.5, 0.6) is 5.75 Å². The molecule has 112 valence electrons. The molecule has 1 atom stereocenters. The summed E-state index contributed by atoms with van der Waals surface area (Å²) in [7, 11) is 1.62. The van der Waals surface area contributed by atoms with E-state index in [0.29, 0.717) is 11.8 Å². The Bertz CT molecular complexity index is 419. The molecule has 1 saturated heterocycles. The van der Waals surface area contributed by atoms with E-state index in [1.807, 2.05) is 6.07 Å². The van der Waals surface area contributed by atoms with Crippen molar-refractivity contribution in [3.05, 3.63) is 29.6 Å². The molecule has 0 spiro atoms. The number of rotatable bonds is 6. The molecule has 1 N–H and O–H groups in total. The Hall–Kier alpha value is -1.13. The molecule has 1 aliphatic heterocycles. The topological polar surface area (TPSA) is 24.5 Å². The van der Waals surface area contributed by atoms with Gasteiger partial charge in [0.1, 0.15) is 11.6 Å². The van der Waals surface area contributed by atoms with Crippen molar-refractivity contribution in [3.63, 3.8) is 0 Å². The summed E-state index contributed by atoms with van der Waals surface area (Å²) < 4.78 is 18.8. The number of methoxy groups -OCH3 is 1. The van der Waals surface area contributed by atoms with E-state index < -0.39 is 0 Å². The van der Waals surface area contributed by atoms with Crippen LogP contribution in [0.1, 0.15) is 37.8 Å². The molecular weight excluding hydrogens is 255 g/mol. The highest BCUT2D eigenvalue weighted by Crippen LogP contribution is 2.33. The molecule has 1 aliphatic rings. The number of hydrogen-bond donors (Lipinski definition) is 1. The number of nitrogens with one attached hydrogen (secondary N) is 1. The smallest absolute Gasteiger partial charge is 0.126 e. The van der Waals surface area contributed by atoms with E-state index in [1.165, 1.54) is 18.9 Å². The summed E-state index contributed by atoms with van der Waals surface area (Å²) in [6.07, 6.45) is 3.44. The van der Waals surface area contributed by atoms with Crippen LogP contribution in [-0.4, -0.2) is 38.2 Å². The third-order valence-electron chi connectivity index (χ3n) is 3.98. The van der Waals surface area contributed by atoms with Crippen molar-refractivity contribution in [1.82, 2.24) is 10.2 Å². The molecule has 0 saturated carbocycles. The standard InChI is InChI=1S/C16H25FN2O/c1-3-4-5-15(19-10-8-18-9-11-19)14-7-6-13(17)12-16(14)20-2/h6-7,12,15,18H,3-5,8-11H2,1-2H3/t15-/m1/s1. The number of nitrogens with zero attached hydrogens (tertiary/aromatic N) is 1. The lowest BCUT2D eigenvalue weighted by Crippen LogP contribution is -2.45. The van der Waals surface area contributed by atoms with Gasteiger partial charge in [0.15, 0.2) is 0 Å². The third kappa shape index (κ3) is 3.70. The predicted molar refractivity (Wildman–Crippen MR) is 79.7 cm³/mol. The van der Waals surface area contributed by atoms with Crippen molar-refractivity contribution < 1.29 is 9.13 Å². The van der Waals surface area contributed by atoms with Crippen molar-refractivity contribution in [2.45, 2.75) is 32.2 Å². The highest BCUT2D eigenvalue weighted by atomic mass is 19.1. The minimum atomic E-state index is -0.236. The summed E-state index contributed by atoms with van der Waals surface area (Å²) in [5.41, 5.74) is 1.12. The molecular formula is C16H25FN2O. The van der Waals surface area contributed by atoms with Crippen molar-refractivity contribution in [2.24, 2.45) is 0 Å². The molecule has 0 aliphatic carbocycles. The second-order valence-electron chi connectivity index (χ2n) is 5.33. The molecule has 1 heterocycles. The van der Waals surface area contributed by atoms with Gasteiger partial charge < -0.3 is 10.1 Å². The third-order valence-corrected chi connectivity index (χ3v) is 3.98. The van der Waals surface area contributed by atoms with Gasteiger partial charge >= 0.3 is 0 Å². The fourth-order valence-electron chi connectivity index (χ4n) is 2.89. The summed E-state index contributed by atoms with van der Waals surface area (Å²) in [5, 5.41) is 3.38. The average Bonchev–Trinajstić information content (AvgIpc) is 2.49. The minimum absolute atomic E-state index is 0.236. The van der Waals surface area contributed by atoms with Gasteiger partial charge in [-0.2, -0.15) is 0 Å². The second-order valence-corrected chi connectivity index (χ2v) is 5.33. The first-order valence-corrected chi connectivity index (χ1v) is 7.54. The lowest BCUT2D eigenvalue weighted by Gasteiger charge is -2.36. The normalized spacial score (nSPS) is 17.9.